The molecule has 20 heavy (non-hydrogen) atoms. The van der Waals surface area contributed by atoms with Crippen LogP contribution in [0, 0.1) is 5.92 Å². The molecular formula is C15H17N3OS. The Morgan fingerprint density at radius 2 is 2.25 bits per heavy atom. The Kier molecular flexibility index (Phi) is 2.97. The van der Waals surface area contributed by atoms with Gasteiger partial charge in [0.25, 0.3) is 5.91 Å². The van der Waals surface area contributed by atoms with E-state index >= 15 is 0 Å². The molecule has 3 aliphatic rings. The van der Waals surface area contributed by atoms with Crippen molar-refractivity contribution in [1.82, 2.24) is 15.2 Å². The highest BCUT2D eigenvalue weighted by molar-refractivity contribution is 7.17. The van der Waals surface area contributed by atoms with Gasteiger partial charge >= 0.3 is 0 Å². The fourth-order valence-electron chi connectivity index (χ4n) is 3.35. The quantitative estimate of drug-likeness (QED) is 0.920. The molecule has 1 amide bonds. The van der Waals surface area contributed by atoms with Gasteiger partial charge in [-0.25, -0.2) is 0 Å². The summed E-state index contributed by atoms with van der Waals surface area (Å²) in [4.78, 5) is 19.2. The first kappa shape index (κ1) is 12.3. The molecule has 1 unspecified atom stereocenters. The van der Waals surface area contributed by atoms with Gasteiger partial charge < -0.3 is 10.2 Å². The van der Waals surface area contributed by atoms with E-state index in [0.717, 1.165) is 16.8 Å². The van der Waals surface area contributed by atoms with Gasteiger partial charge in [0.1, 0.15) is 0 Å². The third kappa shape index (κ3) is 2.11. The summed E-state index contributed by atoms with van der Waals surface area (Å²) in [5, 5.41) is 5.21. The highest BCUT2D eigenvalue weighted by Crippen LogP contribution is 2.27. The zero-order valence-corrected chi connectivity index (χ0v) is 12.0. The van der Waals surface area contributed by atoms with Crippen molar-refractivity contribution in [3.63, 3.8) is 0 Å². The van der Waals surface area contributed by atoms with Crippen LogP contribution in [0.1, 0.15) is 23.2 Å². The Bertz CT molecular complexity index is 645. The number of hydrogen-bond donors (Lipinski definition) is 1. The lowest BCUT2D eigenvalue weighted by atomic mass is 9.84. The summed E-state index contributed by atoms with van der Waals surface area (Å²) in [6.45, 7) is 3.39. The predicted molar refractivity (Wildman–Crippen MR) is 80.0 cm³/mol. The zero-order chi connectivity index (χ0) is 13.5. The number of carbonyl (C=O) groups is 1. The van der Waals surface area contributed by atoms with E-state index in [2.05, 4.69) is 15.2 Å². The van der Waals surface area contributed by atoms with Crippen molar-refractivity contribution in [2.24, 2.45) is 5.92 Å². The summed E-state index contributed by atoms with van der Waals surface area (Å²) in [5.74, 6) is 0.675. The lowest BCUT2D eigenvalue weighted by Gasteiger charge is -2.44. The molecule has 3 aliphatic heterocycles. The maximum Gasteiger partial charge on any atom is 0.253 e. The number of carbonyl (C=O) groups excluding carboxylic acids is 1. The second-order valence-corrected chi connectivity index (χ2v) is 6.69. The molecule has 3 fully saturated rings. The standard InChI is InChI=1S/C15H17N3OS/c19-15(11-7-14-12(16-8-11)3-6-20-14)17-13-9-18-4-1-10(13)2-5-18/h3,6-8,10,13H,1-2,4-5,9H2,(H,17,19). The van der Waals surface area contributed by atoms with E-state index in [1.807, 2.05) is 17.5 Å². The SMILES string of the molecule is O=C(NC1CN2CCC1CC2)c1cnc2ccsc2c1. The Labute approximate surface area is 121 Å². The lowest BCUT2D eigenvalue weighted by molar-refractivity contribution is 0.0620. The van der Waals surface area contributed by atoms with Crippen molar-refractivity contribution in [2.75, 3.05) is 19.6 Å². The van der Waals surface area contributed by atoms with E-state index in [9.17, 15) is 4.79 Å². The highest BCUT2D eigenvalue weighted by atomic mass is 32.1. The van der Waals surface area contributed by atoms with Crippen LogP contribution >= 0.6 is 11.3 Å². The first-order chi connectivity index (χ1) is 9.79. The molecule has 1 N–H and O–H groups in total. The van der Waals surface area contributed by atoms with Gasteiger partial charge in [0, 0.05) is 18.8 Å². The normalized spacial score (nSPS) is 28.7. The minimum absolute atomic E-state index is 0.0200. The van der Waals surface area contributed by atoms with Gasteiger partial charge in [-0.2, -0.15) is 0 Å². The number of hydrogen-bond acceptors (Lipinski definition) is 4. The maximum absolute atomic E-state index is 12.4. The van der Waals surface area contributed by atoms with Crippen molar-refractivity contribution < 1.29 is 4.79 Å². The van der Waals surface area contributed by atoms with Crippen molar-refractivity contribution in [3.05, 3.63) is 29.3 Å². The van der Waals surface area contributed by atoms with Crippen molar-refractivity contribution in [3.8, 4) is 0 Å². The van der Waals surface area contributed by atoms with Crippen LogP contribution in [-0.2, 0) is 0 Å². The van der Waals surface area contributed by atoms with E-state index in [-0.39, 0.29) is 5.91 Å². The average Bonchev–Trinajstić information content (AvgIpc) is 2.96. The third-order valence-corrected chi connectivity index (χ3v) is 5.39. The number of amides is 1. The molecule has 2 bridgehead atoms. The molecule has 0 spiro atoms. The Balaban J connectivity index is 1.52. The number of aromatic nitrogens is 1. The molecule has 2 aromatic heterocycles. The van der Waals surface area contributed by atoms with Crippen LogP contribution in [0.5, 0.6) is 0 Å². The summed E-state index contributed by atoms with van der Waals surface area (Å²) >= 11 is 1.63. The predicted octanol–water partition coefficient (Wildman–Crippen LogP) is 2.12. The number of nitrogens with zero attached hydrogens (tertiary/aromatic N) is 2. The van der Waals surface area contributed by atoms with Crippen molar-refractivity contribution in [1.29, 1.82) is 0 Å². The van der Waals surface area contributed by atoms with Gasteiger partial charge in [-0.15, -0.1) is 11.3 Å². The Morgan fingerprint density at radius 3 is 3.00 bits per heavy atom. The van der Waals surface area contributed by atoms with E-state index < -0.39 is 0 Å². The molecule has 0 aliphatic carbocycles. The number of piperidine rings is 3. The number of fused-ring (bicyclic) bond motifs is 4. The van der Waals surface area contributed by atoms with Crippen LogP contribution in [-0.4, -0.2) is 41.5 Å². The number of pyridine rings is 1. The van der Waals surface area contributed by atoms with Gasteiger partial charge in [0.05, 0.1) is 15.8 Å². The molecular weight excluding hydrogens is 270 g/mol. The fraction of sp³-hybridized carbons (Fsp3) is 0.467. The average molecular weight is 287 g/mol. The number of nitrogens with one attached hydrogen (secondary N) is 1. The van der Waals surface area contributed by atoms with Crippen LogP contribution in [0.25, 0.3) is 10.2 Å². The summed E-state index contributed by atoms with van der Waals surface area (Å²) < 4.78 is 1.08. The molecule has 4 nitrogen and oxygen atoms in total. The molecule has 0 aromatic carbocycles. The topological polar surface area (TPSA) is 45.2 Å². The first-order valence-corrected chi connectivity index (χ1v) is 8.04. The van der Waals surface area contributed by atoms with Crippen LogP contribution in [0.3, 0.4) is 0 Å². The smallest absolute Gasteiger partial charge is 0.253 e. The van der Waals surface area contributed by atoms with Crippen molar-refractivity contribution >= 4 is 27.5 Å². The third-order valence-electron chi connectivity index (χ3n) is 4.54. The minimum Gasteiger partial charge on any atom is -0.348 e. The van der Waals surface area contributed by atoms with Gasteiger partial charge in [0.2, 0.25) is 0 Å². The van der Waals surface area contributed by atoms with Crippen LogP contribution in [0.15, 0.2) is 23.7 Å². The number of thiophene rings is 1. The fourth-order valence-corrected chi connectivity index (χ4v) is 4.13. The van der Waals surface area contributed by atoms with E-state index in [0.29, 0.717) is 17.5 Å². The first-order valence-electron chi connectivity index (χ1n) is 7.16. The molecule has 1 atom stereocenters. The Morgan fingerprint density at radius 1 is 1.40 bits per heavy atom. The molecule has 5 rings (SSSR count). The van der Waals surface area contributed by atoms with Gasteiger partial charge in [-0.05, 0) is 49.4 Å². The molecule has 2 aromatic rings. The molecule has 104 valence electrons. The summed E-state index contributed by atoms with van der Waals surface area (Å²) in [6.07, 6.45) is 4.12. The molecule has 5 heteroatoms. The molecule has 5 heterocycles. The minimum atomic E-state index is 0.0200. The van der Waals surface area contributed by atoms with E-state index in [1.165, 1.54) is 25.9 Å². The highest BCUT2D eigenvalue weighted by Gasteiger charge is 2.34. The van der Waals surface area contributed by atoms with Gasteiger partial charge in [-0.1, -0.05) is 0 Å². The molecule has 0 saturated carbocycles. The van der Waals surface area contributed by atoms with Crippen LogP contribution in [0.4, 0.5) is 0 Å². The number of rotatable bonds is 2. The lowest BCUT2D eigenvalue weighted by Crippen LogP contribution is -2.57. The molecule has 0 radical (unpaired) electrons. The monoisotopic (exact) mass is 287 g/mol. The largest absolute Gasteiger partial charge is 0.348 e. The maximum atomic E-state index is 12.4. The van der Waals surface area contributed by atoms with Crippen LogP contribution < -0.4 is 5.32 Å². The Hall–Kier alpha value is -1.46. The van der Waals surface area contributed by atoms with E-state index in [4.69, 9.17) is 0 Å². The second-order valence-electron chi connectivity index (χ2n) is 5.75. The zero-order valence-electron chi connectivity index (χ0n) is 11.2. The van der Waals surface area contributed by atoms with Gasteiger partial charge in [0.15, 0.2) is 0 Å². The summed E-state index contributed by atoms with van der Waals surface area (Å²) in [7, 11) is 0. The van der Waals surface area contributed by atoms with E-state index in [1.54, 1.807) is 17.5 Å². The van der Waals surface area contributed by atoms with Crippen LogP contribution in [0.2, 0.25) is 0 Å². The summed E-state index contributed by atoms with van der Waals surface area (Å²) in [5.41, 5.74) is 1.64. The summed E-state index contributed by atoms with van der Waals surface area (Å²) in [6, 6.07) is 4.24. The molecule has 3 saturated heterocycles. The second kappa shape index (κ2) is 4.82. The van der Waals surface area contributed by atoms with Gasteiger partial charge in [-0.3, -0.25) is 9.78 Å². The van der Waals surface area contributed by atoms with Crippen molar-refractivity contribution in [2.45, 2.75) is 18.9 Å².